The molecule has 1 amide bonds. The summed E-state index contributed by atoms with van der Waals surface area (Å²) in [7, 11) is 1.63. The van der Waals surface area contributed by atoms with E-state index in [1.165, 1.54) is 11.8 Å². The van der Waals surface area contributed by atoms with Gasteiger partial charge in [0, 0.05) is 11.6 Å². The lowest BCUT2D eigenvalue weighted by Crippen LogP contribution is -2.47. The van der Waals surface area contributed by atoms with Gasteiger partial charge in [-0.25, -0.2) is 0 Å². The smallest absolute Gasteiger partial charge is 0.231 e. The van der Waals surface area contributed by atoms with Crippen LogP contribution in [0.25, 0.3) is 11.4 Å². The van der Waals surface area contributed by atoms with Crippen LogP contribution in [0.1, 0.15) is 39.7 Å². The zero-order valence-corrected chi connectivity index (χ0v) is 17.4. The van der Waals surface area contributed by atoms with E-state index in [0.717, 1.165) is 30.0 Å². The van der Waals surface area contributed by atoms with Gasteiger partial charge in [0.1, 0.15) is 11.3 Å². The van der Waals surface area contributed by atoms with Crippen LogP contribution in [0.4, 0.5) is 0 Å². The van der Waals surface area contributed by atoms with Gasteiger partial charge in [-0.2, -0.15) is 5.26 Å². The van der Waals surface area contributed by atoms with Gasteiger partial charge in [-0.1, -0.05) is 11.8 Å². The van der Waals surface area contributed by atoms with Crippen LogP contribution in [-0.2, 0) is 4.79 Å². The molecular formula is C20H25N5O2S. The van der Waals surface area contributed by atoms with Gasteiger partial charge in [0.05, 0.1) is 18.9 Å². The lowest BCUT2D eigenvalue weighted by molar-refractivity contribution is -0.119. The Hall–Kier alpha value is -2.53. The summed E-state index contributed by atoms with van der Waals surface area (Å²) in [5.41, 5.74) is 0.154. The average Bonchev–Trinajstić information content (AvgIpc) is 3.46. The third-order valence-electron chi connectivity index (χ3n) is 4.89. The molecule has 1 heterocycles. The van der Waals surface area contributed by atoms with Crippen LogP contribution in [0, 0.1) is 17.2 Å². The Morgan fingerprint density at radius 1 is 1.39 bits per heavy atom. The molecule has 1 atom stereocenters. The number of hydrogen-bond acceptors (Lipinski definition) is 6. The monoisotopic (exact) mass is 399 g/mol. The lowest BCUT2D eigenvalue weighted by atomic mass is 9.98. The highest BCUT2D eigenvalue weighted by atomic mass is 32.2. The maximum absolute atomic E-state index is 12.4. The highest BCUT2D eigenvalue weighted by Crippen LogP contribution is 2.39. The van der Waals surface area contributed by atoms with E-state index in [1.54, 1.807) is 14.0 Å². The Labute approximate surface area is 169 Å². The number of hydrogen-bond donors (Lipinski definition) is 1. The van der Waals surface area contributed by atoms with Crippen molar-refractivity contribution in [2.45, 2.75) is 50.4 Å². The van der Waals surface area contributed by atoms with Gasteiger partial charge in [-0.15, -0.1) is 10.2 Å². The van der Waals surface area contributed by atoms with Gasteiger partial charge in [-0.05, 0) is 63.8 Å². The number of methoxy groups -OCH3 is 1. The summed E-state index contributed by atoms with van der Waals surface area (Å²) in [4.78, 5) is 12.4. The molecule has 0 saturated heterocycles. The Bertz CT molecular complexity index is 883. The van der Waals surface area contributed by atoms with Gasteiger partial charge in [0.25, 0.3) is 0 Å². The topological polar surface area (TPSA) is 92.8 Å². The van der Waals surface area contributed by atoms with Crippen LogP contribution < -0.4 is 10.1 Å². The van der Waals surface area contributed by atoms with Crippen molar-refractivity contribution in [3.05, 3.63) is 24.3 Å². The van der Waals surface area contributed by atoms with Gasteiger partial charge in [-0.3, -0.25) is 9.36 Å². The van der Waals surface area contributed by atoms with Crippen molar-refractivity contribution in [2.75, 3.05) is 12.9 Å². The van der Waals surface area contributed by atoms with Gasteiger partial charge < -0.3 is 10.1 Å². The molecule has 1 aromatic heterocycles. The molecule has 148 valence electrons. The van der Waals surface area contributed by atoms with E-state index in [9.17, 15) is 10.1 Å². The number of carbonyl (C=O) groups is 1. The minimum Gasteiger partial charge on any atom is -0.497 e. The van der Waals surface area contributed by atoms with Crippen LogP contribution in [0.2, 0.25) is 0 Å². The second-order valence-corrected chi connectivity index (χ2v) is 8.37. The predicted molar refractivity (Wildman–Crippen MR) is 108 cm³/mol. The molecule has 0 radical (unpaired) electrons. The van der Waals surface area contributed by atoms with Crippen molar-refractivity contribution in [1.29, 1.82) is 5.26 Å². The molecule has 0 aliphatic heterocycles. The normalized spacial score (nSPS) is 15.7. The zero-order valence-electron chi connectivity index (χ0n) is 16.6. The maximum Gasteiger partial charge on any atom is 0.231 e. The van der Waals surface area contributed by atoms with Crippen molar-refractivity contribution < 1.29 is 9.53 Å². The first-order valence-electron chi connectivity index (χ1n) is 9.32. The summed E-state index contributed by atoms with van der Waals surface area (Å²) in [6, 6.07) is 10.0. The van der Waals surface area contributed by atoms with E-state index >= 15 is 0 Å². The Balaban J connectivity index is 1.72. The zero-order chi connectivity index (χ0) is 20.3. The number of amides is 1. The quantitative estimate of drug-likeness (QED) is 0.684. The summed E-state index contributed by atoms with van der Waals surface area (Å²) in [5, 5.41) is 21.6. The first-order chi connectivity index (χ1) is 13.4. The SMILES string of the molecule is COc1ccc(-c2nnc(SCC(=O)N[C@](C)(C#N)C3CC3)n2C(C)C)cc1. The predicted octanol–water partition coefficient (Wildman–Crippen LogP) is 3.44. The molecule has 0 unspecified atom stereocenters. The molecule has 2 aromatic rings. The van der Waals surface area contributed by atoms with Crippen LogP contribution in [0.15, 0.2) is 29.4 Å². The summed E-state index contributed by atoms with van der Waals surface area (Å²) in [6.45, 7) is 5.91. The van der Waals surface area contributed by atoms with E-state index in [0.29, 0.717) is 5.16 Å². The molecule has 28 heavy (non-hydrogen) atoms. The molecule has 1 aliphatic rings. The van der Waals surface area contributed by atoms with E-state index in [-0.39, 0.29) is 23.6 Å². The molecule has 1 saturated carbocycles. The molecule has 7 nitrogen and oxygen atoms in total. The van der Waals surface area contributed by atoms with Crippen LogP contribution in [-0.4, -0.2) is 39.1 Å². The molecule has 1 fully saturated rings. The van der Waals surface area contributed by atoms with Gasteiger partial charge in [0.15, 0.2) is 11.0 Å². The van der Waals surface area contributed by atoms with Gasteiger partial charge in [0.2, 0.25) is 5.91 Å². The fourth-order valence-corrected chi connectivity index (χ4v) is 3.98. The largest absolute Gasteiger partial charge is 0.497 e. The molecule has 0 spiro atoms. The highest BCUT2D eigenvalue weighted by Gasteiger charge is 2.43. The number of rotatable bonds is 8. The molecular weight excluding hydrogens is 374 g/mol. The van der Waals surface area contributed by atoms with Crippen molar-refractivity contribution in [2.24, 2.45) is 5.92 Å². The Morgan fingerprint density at radius 2 is 2.07 bits per heavy atom. The molecule has 1 aliphatic carbocycles. The van der Waals surface area contributed by atoms with Crippen LogP contribution in [0.3, 0.4) is 0 Å². The van der Waals surface area contributed by atoms with Gasteiger partial charge >= 0.3 is 0 Å². The first kappa shape index (κ1) is 20.2. The lowest BCUT2D eigenvalue weighted by Gasteiger charge is -2.22. The molecule has 1 N–H and O–H groups in total. The number of thioether (sulfide) groups is 1. The average molecular weight is 400 g/mol. The molecule has 8 heteroatoms. The van der Waals surface area contributed by atoms with E-state index in [4.69, 9.17) is 4.74 Å². The van der Waals surface area contributed by atoms with E-state index in [2.05, 4.69) is 35.4 Å². The van der Waals surface area contributed by atoms with Crippen molar-refractivity contribution >= 4 is 17.7 Å². The molecule has 0 bridgehead atoms. The van der Waals surface area contributed by atoms with Crippen molar-refractivity contribution in [3.63, 3.8) is 0 Å². The summed E-state index contributed by atoms with van der Waals surface area (Å²) < 4.78 is 7.23. The molecule has 1 aromatic carbocycles. The second-order valence-electron chi connectivity index (χ2n) is 7.42. The second kappa shape index (κ2) is 8.23. The van der Waals surface area contributed by atoms with Crippen molar-refractivity contribution in [1.82, 2.24) is 20.1 Å². The maximum atomic E-state index is 12.4. The number of aromatic nitrogens is 3. The number of nitrogens with zero attached hydrogens (tertiary/aromatic N) is 4. The van der Waals surface area contributed by atoms with Crippen LogP contribution in [0.5, 0.6) is 5.75 Å². The summed E-state index contributed by atoms with van der Waals surface area (Å²) >= 11 is 1.33. The number of carbonyl (C=O) groups excluding carboxylic acids is 1. The number of nitrogens with one attached hydrogen (secondary N) is 1. The third kappa shape index (κ3) is 4.30. The number of ether oxygens (including phenoxy) is 1. The fourth-order valence-electron chi connectivity index (χ4n) is 3.12. The van der Waals surface area contributed by atoms with Crippen LogP contribution >= 0.6 is 11.8 Å². The third-order valence-corrected chi connectivity index (χ3v) is 5.83. The number of nitriles is 1. The minimum absolute atomic E-state index is 0.133. The Morgan fingerprint density at radius 3 is 2.61 bits per heavy atom. The number of benzene rings is 1. The highest BCUT2D eigenvalue weighted by molar-refractivity contribution is 7.99. The summed E-state index contributed by atoms with van der Waals surface area (Å²) in [6.07, 6.45) is 1.98. The van der Waals surface area contributed by atoms with Crippen molar-refractivity contribution in [3.8, 4) is 23.2 Å². The fraction of sp³-hybridized carbons (Fsp3) is 0.500. The molecule has 3 rings (SSSR count). The standard InChI is InChI=1S/C20H25N5O2S/c1-13(2)25-18(14-5-9-16(27-4)10-6-14)23-24-19(25)28-11-17(26)22-20(3,12-21)15-7-8-15/h5-6,9-10,13,15H,7-8,11H2,1-4H3,(H,22,26)/t20-/m1/s1. The summed E-state index contributed by atoms with van der Waals surface area (Å²) in [5.74, 6) is 1.82. The Kier molecular flexibility index (Phi) is 5.94. The van der Waals surface area contributed by atoms with E-state index in [1.807, 2.05) is 28.8 Å². The van der Waals surface area contributed by atoms with E-state index < -0.39 is 5.54 Å². The first-order valence-corrected chi connectivity index (χ1v) is 10.3. The minimum atomic E-state index is -0.780.